The Hall–Kier alpha value is -3.00. The van der Waals surface area contributed by atoms with Crippen molar-refractivity contribution in [3.8, 4) is 0 Å². The summed E-state index contributed by atoms with van der Waals surface area (Å²) in [6.07, 6.45) is 8.46. The second-order valence-corrected chi connectivity index (χ2v) is 7.61. The van der Waals surface area contributed by atoms with Crippen molar-refractivity contribution in [2.24, 2.45) is 13.0 Å². The lowest BCUT2D eigenvalue weighted by molar-refractivity contribution is 0.0705. The van der Waals surface area contributed by atoms with Gasteiger partial charge in [-0.25, -0.2) is 20.4 Å². The number of rotatable bonds is 6. The SMILES string of the molecule is Cn1c(CCCC2CCN(c3ncc(C(=O)NO)cn3)CC2)nc2ccccc21. The standard InChI is InChI=1S/C21H26N6O2/c1-26-18-7-3-2-6-17(18)24-19(26)8-4-5-15-9-11-27(12-10-15)21-22-13-16(14-23-21)20(28)25-29/h2-3,6-7,13-15,29H,4-5,8-12H2,1H3,(H,25,28). The number of aromatic nitrogens is 4. The number of nitrogens with one attached hydrogen (secondary N) is 1. The minimum Gasteiger partial charge on any atom is -0.341 e. The van der Waals surface area contributed by atoms with Gasteiger partial charge in [0, 0.05) is 39.0 Å². The van der Waals surface area contributed by atoms with E-state index in [1.807, 2.05) is 6.07 Å². The average molecular weight is 394 g/mol. The molecule has 0 unspecified atom stereocenters. The number of imidazole rings is 1. The highest BCUT2D eigenvalue weighted by atomic mass is 16.5. The van der Waals surface area contributed by atoms with Crippen molar-refractivity contribution >= 4 is 22.9 Å². The quantitative estimate of drug-likeness (QED) is 0.493. The van der Waals surface area contributed by atoms with Gasteiger partial charge in [-0.1, -0.05) is 12.1 Å². The lowest BCUT2D eigenvalue weighted by atomic mass is 9.91. The Morgan fingerprint density at radius 3 is 2.62 bits per heavy atom. The zero-order chi connectivity index (χ0) is 20.2. The van der Waals surface area contributed by atoms with Gasteiger partial charge in [-0.15, -0.1) is 0 Å². The van der Waals surface area contributed by atoms with E-state index in [1.165, 1.54) is 24.3 Å². The van der Waals surface area contributed by atoms with Gasteiger partial charge in [0.25, 0.3) is 5.91 Å². The van der Waals surface area contributed by atoms with E-state index in [0.717, 1.165) is 50.1 Å². The smallest absolute Gasteiger partial charge is 0.277 e. The zero-order valence-corrected chi connectivity index (χ0v) is 16.6. The predicted octanol–water partition coefficient (Wildman–Crippen LogP) is 2.72. The molecule has 1 fully saturated rings. The number of para-hydroxylation sites is 2. The van der Waals surface area contributed by atoms with Crippen LogP contribution >= 0.6 is 0 Å². The molecule has 4 rings (SSSR count). The molecule has 1 saturated heterocycles. The van der Waals surface area contributed by atoms with Crippen molar-refractivity contribution in [3.63, 3.8) is 0 Å². The van der Waals surface area contributed by atoms with Crippen molar-refractivity contribution in [1.29, 1.82) is 0 Å². The number of fused-ring (bicyclic) bond motifs is 1. The van der Waals surface area contributed by atoms with Crippen LogP contribution in [0.1, 0.15) is 41.9 Å². The Bertz CT molecular complexity index is 977. The van der Waals surface area contributed by atoms with Gasteiger partial charge in [-0.3, -0.25) is 10.0 Å². The molecule has 1 amide bonds. The number of hydrogen-bond acceptors (Lipinski definition) is 6. The minimum atomic E-state index is -0.601. The molecule has 0 bridgehead atoms. The van der Waals surface area contributed by atoms with Gasteiger partial charge < -0.3 is 9.47 Å². The molecule has 152 valence electrons. The largest absolute Gasteiger partial charge is 0.341 e. The number of carbonyl (C=O) groups excluding carboxylic acids is 1. The monoisotopic (exact) mass is 394 g/mol. The van der Waals surface area contributed by atoms with Crippen LogP contribution in [0.15, 0.2) is 36.7 Å². The highest BCUT2D eigenvalue weighted by Crippen LogP contribution is 2.25. The van der Waals surface area contributed by atoms with Crippen molar-refractivity contribution in [3.05, 3.63) is 48.0 Å². The number of hydrogen-bond donors (Lipinski definition) is 2. The van der Waals surface area contributed by atoms with E-state index in [0.29, 0.717) is 11.9 Å². The summed E-state index contributed by atoms with van der Waals surface area (Å²) < 4.78 is 2.20. The normalized spacial score (nSPS) is 15.0. The molecule has 1 aliphatic rings. The fourth-order valence-electron chi connectivity index (χ4n) is 4.06. The number of aryl methyl sites for hydroxylation is 2. The van der Waals surface area contributed by atoms with Crippen LogP contribution < -0.4 is 10.4 Å². The molecule has 0 aliphatic carbocycles. The van der Waals surface area contributed by atoms with Crippen LogP contribution in [0.3, 0.4) is 0 Å². The maximum absolute atomic E-state index is 11.4. The topological polar surface area (TPSA) is 96.2 Å². The molecule has 2 aromatic heterocycles. The van der Waals surface area contributed by atoms with E-state index in [2.05, 4.69) is 44.7 Å². The van der Waals surface area contributed by atoms with Gasteiger partial charge in [-0.2, -0.15) is 0 Å². The molecular weight excluding hydrogens is 368 g/mol. The molecule has 0 radical (unpaired) electrons. The molecule has 29 heavy (non-hydrogen) atoms. The van der Waals surface area contributed by atoms with Gasteiger partial charge in [0.1, 0.15) is 5.82 Å². The maximum Gasteiger partial charge on any atom is 0.277 e. The maximum atomic E-state index is 11.4. The molecule has 0 atom stereocenters. The predicted molar refractivity (Wildman–Crippen MR) is 110 cm³/mol. The summed E-state index contributed by atoms with van der Waals surface area (Å²) in [5, 5.41) is 8.66. The first-order chi connectivity index (χ1) is 14.2. The van der Waals surface area contributed by atoms with Crippen LogP contribution in [0.4, 0.5) is 5.95 Å². The Morgan fingerprint density at radius 2 is 1.93 bits per heavy atom. The first-order valence-corrected chi connectivity index (χ1v) is 10.1. The van der Waals surface area contributed by atoms with Gasteiger partial charge in [0.15, 0.2) is 0 Å². The molecule has 1 aromatic carbocycles. The van der Waals surface area contributed by atoms with Crippen LogP contribution in [-0.4, -0.2) is 43.7 Å². The number of amides is 1. The summed E-state index contributed by atoms with van der Waals surface area (Å²) in [7, 11) is 2.10. The zero-order valence-electron chi connectivity index (χ0n) is 16.6. The molecule has 8 heteroatoms. The van der Waals surface area contributed by atoms with Crippen LogP contribution in [-0.2, 0) is 13.5 Å². The third kappa shape index (κ3) is 4.22. The minimum absolute atomic E-state index is 0.244. The molecule has 2 N–H and O–H groups in total. The van der Waals surface area contributed by atoms with Crippen LogP contribution in [0, 0.1) is 5.92 Å². The summed E-state index contributed by atoms with van der Waals surface area (Å²) >= 11 is 0. The van der Waals surface area contributed by atoms with Crippen molar-refractivity contribution < 1.29 is 10.0 Å². The Balaban J connectivity index is 1.25. The summed E-state index contributed by atoms with van der Waals surface area (Å²) in [6, 6.07) is 8.28. The molecule has 1 aliphatic heterocycles. The molecule has 3 heterocycles. The fraction of sp³-hybridized carbons (Fsp3) is 0.429. The van der Waals surface area contributed by atoms with Crippen molar-refractivity contribution in [2.75, 3.05) is 18.0 Å². The van der Waals surface area contributed by atoms with E-state index in [1.54, 1.807) is 5.48 Å². The number of carbonyl (C=O) groups is 1. The third-order valence-electron chi connectivity index (χ3n) is 5.79. The highest BCUT2D eigenvalue weighted by molar-refractivity contribution is 5.92. The Morgan fingerprint density at radius 1 is 1.21 bits per heavy atom. The summed E-state index contributed by atoms with van der Waals surface area (Å²) in [5.41, 5.74) is 4.10. The van der Waals surface area contributed by atoms with Gasteiger partial charge in [-0.05, 0) is 43.7 Å². The number of hydroxylamine groups is 1. The van der Waals surface area contributed by atoms with Crippen LogP contribution in [0.2, 0.25) is 0 Å². The second kappa shape index (κ2) is 8.57. The summed E-state index contributed by atoms with van der Waals surface area (Å²) in [5.74, 6) is 1.90. The van der Waals surface area contributed by atoms with E-state index in [-0.39, 0.29) is 5.56 Å². The lowest BCUT2D eigenvalue weighted by Gasteiger charge is -2.32. The van der Waals surface area contributed by atoms with Gasteiger partial charge >= 0.3 is 0 Å². The molecule has 3 aromatic rings. The first kappa shape index (κ1) is 19.3. The highest BCUT2D eigenvalue weighted by Gasteiger charge is 2.21. The Kier molecular flexibility index (Phi) is 5.71. The summed E-state index contributed by atoms with van der Waals surface area (Å²) in [4.78, 5) is 26.8. The van der Waals surface area contributed by atoms with Crippen molar-refractivity contribution in [2.45, 2.75) is 32.1 Å². The van der Waals surface area contributed by atoms with E-state index >= 15 is 0 Å². The molecule has 0 saturated carbocycles. The second-order valence-electron chi connectivity index (χ2n) is 7.61. The van der Waals surface area contributed by atoms with E-state index in [9.17, 15) is 4.79 Å². The van der Waals surface area contributed by atoms with Gasteiger partial charge in [0.2, 0.25) is 5.95 Å². The van der Waals surface area contributed by atoms with Crippen LogP contribution in [0.5, 0.6) is 0 Å². The van der Waals surface area contributed by atoms with Gasteiger partial charge in [0.05, 0.1) is 16.6 Å². The number of anilines is 1. The molecular formula is C21H26N6O2. The lowest BCUT2D eigenvalue weighted by Crippen LogP contribution is -2.35. The van der Waals surface area contributed by atoms with E-state index < -0.39 is 5.91 Å². The van der Waals surface area contributed by atoms with Crippen molar-refractivity contribution in [1.82, 2.24) is 25.0 Å². The number of nitrogens with zero attached hydrogens (tertiary/aromatic N) is 5. The number of benzene rings is 1. The molecule has 0 spiro atoms. The summed E-state index contributed by atoms with van der Waals surface area (Å²) in [6.45, 7) is 1.84. The molecule has 8 nitrogen and oxygen atoms in total. The number of piperidine rings is 1. The van der Waals surface area contributed by atoms with E-state index in [4.69, 9.17) is 10.2 Å². The fourth-order valence-corrected chi connectivity index (χ4v) is 4.06. The third-order valence-corrected chi connectivity index (χ3v) is 5.79. The van der Waals surface area contributed by atoms with Crippen LogP contribution in [0.25, 0.3) is 11.0 Å². The Labute approximate surface area is 169 Å². The first-order valence-electron chi connectivity index (χ1n) is 10.1. The average Bonchev–Trinajstić information content (AvgIpc) is 3.09.